The molecule has 1 heteroatoms. The van der Waals surface area contributed by atoms with Crippen molar-refractivity contribution in [2.75, 3.05) is 0 Å². The van der Waals surface area contributed by atoms with Crippen molar-refractivity contribution in [3.63, 3.8) is 0 Å². The van der Waals surface area contributed by atoms with Crippen LogP contribution in [0.3, 0.4) is 0 Å². The van der Waals surface area contributed by atoms with Gasteiger partial charge in [-0.05, 0) is 31.1 Å². The van der Waals surface area contributed by atoms with Crippen molar-refractivity contribution in [2.45, 2.75) is 84.1 Å². The molecular formula is C14H29N. The molecule has 1 saturated carbocycles. The lowest BCUT2D eigenvalue weighted by Gasteiger charge is -2.34. The Morgan fingerprint density at radius 3 is 2.27 bits per heavy atom. The third-order valence-electron chi connectivity index (χ3n) is 4.46. The van der Waals surface area contributed by atoms with Gasteiger partial charge in [-0.2, -0.15) is 0 Å². The fraction of sp³-hybridized carbons (Fsp3) is 1.00. The molecule has 2 N–H and O–H groups in total. The molecule has 0 aromatic carbocycles. The van der Waals surface area contributed by atoms with Crippen LogP contribution in [0.4, 0.5) is 0 Å². The number of hydrogen-bond donors (Lipinski definition) is 1. The van der Waals surface area contributed by atoms with E-state index in [0.717, 1.165) is 0 Å². The quantitative estimate of drug-likeness (QED) is 0.626. The Bertz CT molecular complexity index is 159. The second-order valence-electron chi connectivity index (χ2n) is 5.38. The van der Waals surface area contributed by atoms with Crippen LogP contribution in [0.1, 0.15) is 78.1 Å². The number of hydrogen-bond acceptors (Lipinski definition) is 1. The minimum atomic E-state index is 0.474. The molecule has 1 rings (SSSR count). The Kier molecular flexibility index (Phi) is 5.66. The Labute approximate surface area is 95.8 Å². The van der Waals surface area contributed by atoms with Crippen LogP contribution in [-0.2, 0) is 0 Å². The van der Waals surface area contributed by atoms with E-state index in [1.54, 1.807) is 0 Å². The zero-order valence-corrected chi connectivity index (χ0v) is 10.7. The van der Waals surface area contributed by atoms with Crippen LogP contribution in [0.2, 0.25) is 0 Å². The first-order valence-electron chi connectivity index (χ1n) is 7.01. The van der Waals surface area contributed by atoms with Gasteiger partial charge in [0, 0.05) is 6.04 Å². The Hall–Kier alpha value is -0.0400. The van der Waals surface area contributed by atoms with E-state index in [9.17, 15) is 0 Å². The summed E-state index contributed by atoms with van der Waals surface area (Å²) in [7, 11) is 0. The summed E-state index contributed by atoms with van der Waals surface area (Å²) in [6.45, 7) is 4.60. The zero-order valence-electron chi connectivity index (χ0n) is 10.7. The molecule has 0 aromatic heterocycles. The Morgan fingerprint density at radius 2 is 1.73 bits per heavy atom. The highest BCUT2D eigenvalue weighted by atomic mass is 14.7. The number of rotatable bonds is 7. The standard InChI is InChI=1S/C14H29N/c1-3-5-6-7-10-13(15)14(4-2)11-8-9-12-14/h13H,3-12,15H2,1-2H3. The van der Waals surface area contributed by atoms with E-state index in [-0.39, 0.29) is 0 Å². The first-order chi connectivity index (χ1) is 7.25. The van der Waals surface area contributed by atoms with E-state index >= 15 is 0 Å². The van der Waals surface area contributed by atoms with Crippen LogP contribution in [0.5, 0.6) is 0 Å². The maximum Gasteiger partial charge on any atom is 0.00954 e. The van der Waals surface area contributed by atoms with Gasteiger partial charge in [0.25, 0.3) is 0 Å². The summed E-state index contributed by atoms with van der Waals surface area (Å²) in [6, 6.07) is 0.474. The van der Waals surface area contributed by atoms with Crippen LogP contribution < -0.4 is 5.73 Å². The second-order valence-corrected chi connectivity index (χ2v) is 5.38. The molecule has 15 heavy (non-hydrogen) atoms. The lowest BCUT2D eigenvalue weighted by molar-refractivity contribution is 0.207. The normalized spacial score (nSPS) is 21.8. The molecule has 1 fully saturated rings. The minimum Gasteiger partial charge on any atom is -0.327 e. The largest absolute Gasteiger partial charge is 0.327 e. The fourth-order valence-corrected chi connectivity index (χ4v) is 3.16. The molecule has 0 bridgehead atoms. The highest BCUT2D eigenvalue weighted by Crippen LogP contribution is 2.44. The SMILES string of the molecule is CCCCCCC(N)C1(CC)CCCC1. The van der Waals surface area contributed by atoms with Crippen LogP contribution in [0.15, 0.2) is 0 Å². The zero-order chi connectivity index (χ0) is 11.1. The summed E-state index contributed by atoms with van der Waals surface area (Å²) in [6.07, 6.45) is 13.6. The van der Waals surface area contributed by atoms with E-state index in [1.807, 2.05) is 0 Å². The second kappa shape index (κ2) is 6.52. The van der Waals surface area contributed by atoms with Gasteiger partial charge in [-0.1, -0.05) is 52.4 Å². The topological polar surface area (TPSA) is 26.0 Å². The lowest BCUT2D eigenvalue weighted by Crippen LogP contribution is -2.39. The van der Waals surface area contributed by atoms with Crippen molar-refractivity contribution in [2.24, 2.45) is 11.1 Å². The highest BCUT2D eigenvalue weighted by Gasteiger charge is 2.37. The van der Waals surface area contributed by atoms with Gasteiger partial charge in [-0.25, -0.2) is 0 Å². The molecule has 0 heterocycles. The smallest absolute Gasteiger partial charge is 0.00954 e. The maximum absolute atomic E-state index is 6.41. The molecule has 0 aromatic rings. The molecular weight excluding hydrogens is 182 g/mol. The van der Waals surface area contributed by atoms with Crippen molar-refractivity contribution < 1.29 is 0 Å². The first-order valence-corrected chi connectivity index (χ1v) is 7.01. The summed E-state index contributed by atoms with van der Waals surface area (Å²) in [5, 5.41) is 0. The highest BCUT2D eigenvalue weighted by molar-refractivity contribution is 4.91. The van der Waals surface area contributed by atoms with Crippen molar-refractivity contribution in [3.05, 3.63) is 0 Å². The molecule has 90 valence electrons. The van der Waals surface area contributed by atoms with E-state index in [1.165, 1.54) is 64.2 Å². The van der Waals surface area contributed by atoms with Gasteiger partial charge < -0.3 is 5.73 Å². The van der Waals surface area contributed by atoms with Gasteiger partial charge in [0.2, 0.25) is 0 Å². The van der Waals surface area contributed by atoms with Gasteiger partial charge in [-0.3, -0.25) is 0 Å². The van der Waals surface area contributed by atoms with Gasteiger partial charge in [0.05, 0.1) is 0 Å². The number of unbranched alkanes of at least 4 members (excludes halogenated alkanes) is 3. The third kappa shape index (κ3) is 3.48. The molecule has 0 amide bonds. The molecule has 1 unspecified atom stereocenters. The first kappa shape index (κ1) is 13.0. The predicted octanol–water partition coefficient (Wildman–Crippen LogP) is 4.25. The van der Waals surface area contributed by atoms with Crippen molar-refractivity contribution in [1.82, 2.24) is 0 Å². The van der Waals surface area contributed by atoms with Crippen LogP contribution in [0.25, 0.3) is 0 Å². The van der Waals surface area contributed by atoms with Gasteiger partial charge >= 0.3 is 0 Å². The van der Waals surface area contributed by atoms with Crippen molar-refractivity contribution >= 4 is 0 Å². The van der Waals surface area contributed by atoms with E-state index < -0.39 is 0 Å². The van der Waals surface area contributed by atoms with Gasteiger partial charge in [-0.15, -0.1) is 0 Å². The third-order valence-corrected chi connectivity index (χ3v) is 4.46. The Morgan fingerprint density at radius 1 is 1.07 bits per heavy atom. The monoisotopic (exact) mass is 211 g/mol. The lowest BCUT2D eigenvalue weighted by atomic mass is 9.75. The molecule has 1 nitrogen and oxygen atoms in total. The number of nitrogens with two attached hydrogens (primary N) is 1. The summed E-state index contributed by atoms with van der Waals surface area (Å²) in [5.74, 6) is 0. The van der Waals surface area contributed by atoms with E-state index in [4.69, 9.17) is 5.73 Å². The average molecular weight is 211 g/mol. The van der Waals surface area contributed by atoms with Crippen molar-refractivity contribution in [3.8, 4) is 0 Å². The summed E-state index contributed by atoms with van der Waals surface area (Å²) in [5.41, 5.74) is 6.93. The van der Waals surface area contributed by atoms with Crippen LogP contribution >= 0.6 is 0 Å². The maximum atomic E-state index is 6.41. The molecule has 0 spiro atoms. The summed E-state index contributed by atoms with van der Waals surface area (Å²) < 4.78 is 0. The molecule has 0 saturated heterocycles. The predicted molar refractivity (Wildman–Crippen MR) is 67.9 cm³/mol. The van der Waals surface area contributed by atoms with Gasteiger partial charge in [0.15, 0.2) is 0 Å². The fourth-order valence-electron chi connectivity index (χ4n) is 3.16. The summed E-state index contributed by atoms with van der Waals surface area (Å²) >= 11 is 0. The Balaban J connectivity index is 2.27. The summed E-state index contributed by atoms with van der Waals surface area (Å²) in [4.78, 5) is 0. The van der Waals surface area contributed by atoms with Gasteiger partial charge in [0.1, 0.15) is 0 Å². The molecule has 0 aliphatic heterocycles. The van der Waals surface area contributed by atoms with E-state index in [2.05, 4.69) is 13.8 Å². The van der Waals surface area contributed by atoms with Crippen LogP contribution in [-0.4, -0.2) is 6.04 Å². The molecule has 1 atom stereocenters. The minimum absolute atomic E-state index is 0.474. The molecule has 0 radical (unpaired) electrons. The van der Waals surface area contributed by atoms with Crippen LogP contribution in [0, 0.1) is 5.41 Å². The molecule has 1 aliphatic rings. The van der Waals surface area contributed by atoms with E-state index in [0.29, 0.717) is 11.5 Å². The average Bonchev–Trinajstić information content (AvgIpc) is 2.74. The molecule has 1 aliphatic carbocycles. The van der Waals surface area contributed by atoms with Crippen molar-refractivity contribution in [1.29, 1.82) is 0 Å².